The van der Waals surface area contributed by atoms with Gasteiger partial charge in [-0.3, -0.25) is 4.57 Å². The summed E-state index contributed by atoms with van der Waals surface area (Å²) in [4.78, 5) is 0. The maximum absolute atomic E-state index is 11.5. The van der Waals surface area contributed by atoms with Gasteiger partial charge in [-0.2, -0.15) is 0 Å². The van der Waals surface area contributed by atoms with E-state index >= 15 is 0 Å². The summed E-state index contributed by atoms with van der Waals surface area (Å²) in [5.41, 5.74) is 2.16. The fourth-order valence-electron chi connectivity index (χ4n) is 1.77. The summed E-state index contributed by atoms with van der Waals surface area (Å²) in [7, 11) is -2.45. The SMILES string of the molecule is O=[PH](OC/C=C/c1ccccc1)OC/C=C/c1ccccc1. The van der Waals surface area contributed by atoms with Crippen LogP contribution >= 0.6 is 8.25 Å². The van der Waals surface area contributed by atoms with Crippen LogP contribution in [0.15, 0.2) is 72.8 Å². The topological polar surface area (TPSA) is 35.5 Å². The molecule has 0 aliphatic rings. The van der Waals surface area contributed by atoms with Crippen LogP contribution in [0.25, 0.3) is 12.2 Å². The average Bonchev–Trinajstić information content (AvgIpc) is 2.57. The third-order valence-electron chi connectivity index (χ3n) is 2.81. The normalized spacial score (nSPS) is 11.7. The van der Waals surface area contributed by atoms with Crippen molar-refractivity contribution in [1.29, 1.82) is 0 Å². The predicted molar refractivity (Wildman–Crippen MR) is 91.9 cm³/mol. The quantitative estimate of drug-likeness (QED) is 0.654. The van der Waals surface area contributed by atoms with E-state index in [0.29, 0.717) is 0 Å². The van der Waals surface area contributed by atoms with E-state index in [4.69, 9.17) is 9.05 Å². The van der Waals surface area contributed by atoms with Gasteiger partial charge in [-0.15, -0.1) is 0 Å². The van der Waals surface area contributed by atoms with Crippen molar-refractivity contribution in [2.24, 2.45) is 0 Å². The second kappa shape index (κ2) is 9.91. The minimum Gasteiger partial charge on any atom is -0.306 e. The minimum absolute atomic E-state index is 0.273. The summed E-state index contributed by atoms with van der Waals surface area (Å²) in [5.74, 6) is 0. The van der Waals surface area contributed by atoms with Gasteiger partial charge in [0.05, 0.1) is 13.2 Å². The summed E-state index contributed by atoms with van der Waals surface area (Å²) in [5, 5.41) is 0. The lowest BCUT2D eigenvalue weighted by atomic mass is 10.2. The van der Waals surface area contributed by atoms with Crippen LogP contribution in [0.5, 0.6) is 0 Å². The van der Waals surface area contributed by atoms with E-state index in [-0.39, 0.29) is 13.2 Å². The van der Waals surface area contributed by atoms with Crippen molar-refractivity contribution < 1.29 is 13.6 Å². The van der Waals surface area contributed by atoms with Crippen LogP contribution in [0.2, 0.25) is 0 Å². The van der Waals surface area contributed by atoms with Gasteiger partial charge in [0, 0.05) is 0 Å². The van der Waals surface area contributed by atoms with Gasteiger partial charge in [-0.05, 0) is 11.1 Å². The molecule has 0 fully saturated rings. The molecular weight excluding hydrogens is 295 g/mol. The number of hydrogen-bond acceptors (Lipinski definition) is 3. The largest absolute Gasteiger partial charge is 0.319 e. The summed E-state index contributed by atoms with van der Waals surface area (Å²) in [6.45, 7) is 0.546. The Hall–Kier alpha value is -1.93. The Balaban J connectivity index is 1.62. The Labute approximate surface area is 131 Å². The van der Waals surface area contributed by atoms with Gasteiger partial charge in [-0.1, -0.05) is 85.0 Å². The first kappa shape index (κ1) is 16.4. The summed E-state index contributed by atoms with van der Waals surface area (Å²) < 4.78 is 21.8. The summed E-state index contributed by atoms with van der Waals surface area (Å²) in [6, 6.07) is 19.7. The van der Waals surface area contributed by atoms with E-state index in [2.05, 4.69) is 0 Å². The summed E-state index contributed by atoms with van der Waals surface area (Å²) >= 11 is 0. The van der Waals surface area contributed by atoms with Crippen LogP contribution in [0.3, 0.4) is 0 Å². The average molecular weight is 314 g/mol. The Morgan fingerprint density at radius 2 is 1.14 bits per heavy atom. The maximum Gasteiger partial charge on any atom is 0.319 e. The first-order chi connectivity index (χ1) is 10.8. The fourth-order valence-corrected chi connectivity index (χ4v) is 2.32. The third kappa shape index (κ3) is 6.68. The molecule has 0 heterocycles. The van der Waals surface area contributed by atoms with Crippen molar-refractivity contribution >= 4 is 20.4 Å². The van der Waals surface area contributed by atoms with Crippen LogP contribution in [0.1, 0.15) is 11.1 Å². The molecule has 0 atom stereocenters. The Morgan fingerprint density at radius 1 is 0.727 bits per heavy atom. The molecule has 4 heteroatoms. The molecule has 0 spiro atoms. The molecule has 0 saturated heterocycles. The van der Waals surface area contributed by atoms with E-state index in [1.807, 2.05) is 85.0 Å². The highest BCUT2D eigenvalue weighted by molar-refractivity contribution is 7.33. The molecule has 0 N–H and O–H groups in total. The van der Waals surface area contributed by atoms with Crippen LogP contribution < -0.4 is 0 Å². The molecule has 0 unspecified atom stereocenters. The van der Waals surface area contributed by atoms with E-state index in [0.717, 1.165) is 11.1 Å². The molecular formula is C18H19O3P. The molecule has 0 aliphatic carbocycles. The first-order valence-corrected chi connectivity index (χ1v) is 8.30. The molecule has 3 nitrogen and oxygen atoms in total. The molecule has 0 saturated carbocycles. The minimum atomic E-state index is -2.45. The smallest absolute Gasteiger partial charge is 0.306 e. The van der Waals surface area contributed by atoms with E-state index in [1.54, 1.807) is 0 Å². The highest BCUT2D eigenvalue weighted by Crippen LogP contribution is 2.23. The predicted octanol–water partition coefficient (Wildman–Crippen LogP) is 4.84. The standard InChI is InChI=1S/C18H19O3P/c19-22(20-15-7-13-17-9-3-1-4-10-17)21-16-8-14-18-11-5-2-6-12-18/h1-14,22H,15-16H2/b13-7+,14-8+. The Morgan fingerprint density at radius 3 is 1.55 bits per heavy atom. The van der Waals surface area contributed by atoms with Gasteiger partial charge in [0.1, 0.15) is 0 Å². The molecule has 2 aromatic rings. The van der Waals surface area contributed by atoms with Crippen LogP contribution in [-0.2, 0) is 13.6 Å². The van der Waals surface area contributed by atoms with Crippen LogP contribution in [0, 0.1) is 0 Å². The van der Waals surface area contributed by atoms with Gasteiger partial charge in [0.25, 0.3) is 0 Å². The zero-order chi connectivity index (χ0) is 15.5. The highest BCUT2D eigenvalue weighted by atomic mass is 31.1. The van der Waals surface area contributed by atoms with Gasteiger partial charge < -0.3 is 9.05 Å². The lowest BCUT2D eigenvalue weighted by molar-refractivity contribution is 0.261. The van der Waals surface area contributed by atoms with Crippen molar-refractivity contribution in [3.8, 4) is 0 Å². The molecule has 0 bridgehead atoms. The van der Waals surface area contributed by atoms with Crippen molar-refractivity contribution in [1.82, 2.24) is 0 Å². The van der Waals surface area contributed by atoms with Crippen LogP contribution in [0.4, 0.5) is 0 Å². The highest BCUT2D eigenvalue weighted by Gasteiger charge is 1.95. The Kier molecular flexibility index (Phi) is 7.40. The number of rotatable bonds is 8. The molecule has 0 amide bonds. The molecule has 2 rings (SSSR count). The van der Waals surface area contributed by atoms with Gasteiger partial charge in [0.15, 0.2) is 0 Å². The van der Waals surface area contributed by atoms with Gasteiger partial charge >= 0.3 is 8.25 Å². The van der Waals surface area contributed by atoms with Crippen molar-refractivity contribution in [2.75, 3.05) is 13.2 Å². The van der Waals surface area contributed by atoms with E-state index < -0.39 is 8.25 Å². The van der Waals surface area contributed by atoms with Crippen LogP contribution in [-0.4, -0.2) is 13.2 Å². The zero-order valence-corrected chi connectivity index (χ0v) is 13.2. The van der Waals surface area contributed by atoms with Crippen molar-refractivity contribution in [3.63, 3.8) is 0 Å². The fraction of sp³-hybridized carbons (Fsp3) is 0.111. The lowest BCUT2D eigenvalue weighted by Gasteiger charge is -2.01. The Bertz CT molecular complexity index is 566. The van der Waals surface area contributed by atoms with Gasteiger partial charge in [0.2, 0.25) is 0 Å². The zero-order valence-electron chi connectivity index (χ0n) is 12.2. The second-order valence-electron chi connectivity index (χ2n) is 4.50. The molecule has 0 radical (unpaired) electrons. The molecule has 22 heavy (non-hydrogen) atoms. The lowest BCUT2D eigenvalue weighted by Crippen LogP contribution is -1.86. The number of benzene rings is 2. The number of hydrogen-bond donors (Lipinski definition) is 0. The van der Waals surface area contributed by atoms with E-state index in [1.165, 1.54) is 0 Å². The molecule has 0 aliphatic heterocycles. The summed E-state index contributed by atoms with van der Waals surface area (Å²) in [6.07, 6.45) is 7.48. The third-order valence-corrected chi connectivity index (χ3v) is 3.62. The monoisotopic (exact) mass is 314 g/mol. The van der Waals surface area contributed by atoms with E-state index in [9.17, 15) is 4.57 Å². The molecule has 0 aromatic heterocycles. The molecule has 114 valence electrons. The van der Waals surface area contributed by atoms with Crippen molar-refractivity contribution in [2.45, 2.75) is 0 Å². The maximum atomic E-state index is 11.5. The first-order valence-electron chi connectivity index (χ1n) is 7.07. The molecule has 2 aromatic carbocycles. The van der Waals surface area contributed by atoms with Crippen molar-refractivity contribution in [3.05, 3.63) is 83.9 Å². The second-order valence-corrected chi connectivity index (χ2v) is 5.58. The van der Waals surface area contributed by atoms with Gasteiger partial charge in [-0.25, -0.2) is 0 Å².